The molecule has 0 saturated heterocycles. The zero-order valence-electron chi connectivity index (χ0n) is 10.3. The first kappa shape index (κ1) is 14.4. The summed E-state index contributed by atoms with van der Waals surface area (Å²) in [5.74, 6) is 1.13. The van der Waals surface area contributed by atoms with Crippen LogP contribution in [0.25, 0.3) is 0 Å². The molecule has 0 saturated carbocycles. The van der Waals surface area contributed by atoms with Gasteiger partial charge >= 0.3 is 0 Å². The summed E-state index contributed by atoms with van der Waals surface area (Å²) < 4.78 is 5.69. The van der Waals surface area contributed by atoms with Gasteiger partial charge in [0, 0.05) is 5.02 Å². The third kappa shape index (κ3) is 4.25. The fourth-order valence-corrected chi connectivity index (χ4v) is 2.15. The van der Waals surface area contributed by atoms with Crippen LogP contribution in [0, 0.1) is 5.92 Å². The van der Waals surface area contributed by atoms with Gasteiger partial charge in [-0.05, 0) is 36.5 Å². The number of hydrogen-bond donors (Lipinski definition) is 0. The van der Waals surface area contributed by atoms with Gasteiger partial charge in [0.05, 0.1) is 11.6 Å². The molecule has 0 amide bonds. The van der Waals surface area contributed by atoms with Crippen LogP contribution in [0.4, 0.5) is 0 Å². The van der Waals surface area contributed by atoms with Crippen LogP contribution in [0.3, 0.4) is 0 Å². The monoisotopic (exact) mass is 272 g/mol. The van der Waals surface area contributed by atoms with E-state index in [1.807, 2.05) is 12.1 Å². The van der Waals surface area contributed by atoms with Crippen LogP contribution in [-0.4, -0.2) is 6.61 Å². The zero-order valence-corrected chi connectivity index (χ0v) is 11.8. The molecule has 0 fully saturated rings. The SMILES string of the molecule is C=CC(C)Cc1cc(Cl)cc(Cl)c1OCCC. The second kappa shape index (κ2) is 6.93. The number of rotatable bonds is 6. The quantitative estimate of drug-likeness (QED) is 0.651. The van der Waals surface area contributed by atoms with Crippen molar-refractivity contribution >= 4 is 23.2 Å². The third-order valence-corrected chi connectivity index (χ3v) is 2.98. The first-order valence-electron chi connectivity index (χ1n) is 5.81. The van der Waals surface area contributed by atoms with E-state index in [1.54, 1.807) is 6.07 Å². The topological polar surface area (TPSA) is 9.23 Å². The van der Waals surface area contributed by atoms with Crippen molar-refractivity contribution in [3.63, 3.8) is 0 Å². The van der Waals surface area contributed by atoms with Crippen LogP contribution in [0.5, 0.6) is 5.75 Å². The summed E-state index contributed by atoms with van der Waals surface area (Å²) in [6, 6.07) is 3.63. The van der Waals surface area contributed by atoms with E-state index < -0.39 is 0 Å². The first-order chi connectivity index (χ1) is 8.08. The first-order valence-corrected chi connectivity index (χ1v) is 6.57. The Morgan fingerprint density at radius 3 is 2.71 bits per heavy atom. The van der Waals surface area contributed by atoms with Gasteiger partial charge in [-0.1, -0.05) is 43.1 Å². The van der Waals surface area contributed by atoms with Gasteiger partial charge in [0.25, 0.3) is 0 Å². The molecule has 0 aromatic heterocycles. The summed E-state index contributed by atoms with van der Waals surface area (Å²) in [6.45, 7) is 8.62. The van der Waals surface area contributed by atoms with Crippen molar-refractivity contribution in [2.45, 2.75) is 26.7 Å². The van der Waals surface area contributed by atoms with Gasteiger partial charge in [0.2, 0.25) is 0 Å². The summed E-state index contributed by atoms with van der Waals surface area (Å²) in [5, 5.41) is 1.22. The van der Waals surface area contributed by atoms with Crippen LogP contribution < -0.4 is 4.74 Å². The molecule has 3 heteroatoms. The molecule has 0 radical (unpaired) electrons. The molecule has 1 aromatic rings. The van der Waals surface area contributed by atoms with Gasteiger partial charge in [-0.3, -0.25) is 0 Å². The van der Waals surface area contributed by atoms with E-state index in [-0.39, 0.29) is 0 Å². The van der Waals surface area contributed by atoms with Crippen LogP contribution in [0.1, 0.15) is 25.8 Å². The average Bonchev–Trinajstić information content (AvgIpc) is 2.27. The third-order valence-electron chi connectivity index (χ3n) is 2.48. The van der Waals surface area contributed by atoms with E-state index in [0.717, 1.165) is 24.2 Å². The minimum absolute atomic E-state index is 0.369. The predicted octanol–water partition coefficient (Wildman–Crippen LogP) is 5.15. The van der Waals surface area contributed by atoms with Crippen LogP contribution >= 0.6 is 23.2 Å². The maximum Gasteiger partial charge on any atom is 0.141 e. The second-order valence-electron chi connectivity index (χ2n) is 4.14. The van der Waals surface area contributed by atoms with Crippen molar-refractivity contribution < 1.29 is 4.74 Å². The normalized spacial score (nSPS) is 12.2. The molecule has 0 bridgehead atoms. The Morgan fingerprint density at radius 2 is 2.12 bits per heavy atom. The number of benzene rings is 1. The minimum Gasteiger partial charge on any atom is -0.492 e. The lowest BCUT2D eigenvalue weighted by atomic mass is 10.0. The highest BCUT2D eigenvalue weighted by Gasteiger charge is 2.12. The summed E-state index contributed by atoms with van der Waals surface area (Å²) in [4.78, 5) is 0. The Kier molecular flexibility index (Phi) is 5.87. The molecule has 1 aromatic carbocycles. The summed E-state index contributed by atoms with van der Waals surface area (Å²) >= 11 is 12.2. The van der Waals surface area contributed by atoms with E-state index >= 15 is 0 Å². The standard InChI is InChI=1S/C14H18Cl2O/c1-4-6-17-14-11(7-10(3)5-2)8-12(15)9-13(14)16/h5,8-10H,2,4,6-7H2,1,3H3. The predicted molar refractivity (Wildman–Crippen MR) is 75.3 cm³/mol. The van der Waals surface area contributed by atoms with Crippen molar-refractivity contribution in [3.8, 4) is 5.75 Å². The Labute approximate surface area is 113 Å². The highest BCUT2D eigenvalue weighted by Crippen LogP contribution is 2.34. The number of ether oxygens (including phenoxy) is 1. The maximum absolute atomic E-state index is 6.16. The maximum atomic E-state index is 6.16. The fraction of sp³-hybridized carbons (Fsp3) is 0.429. The summed E-state index contributed by atoms with van der Waals surface area (Å²) in [7, 11) is 0. The van der Waals surface area contributed by atoms with E-state index in [9.17, 15) is 0 Å². The largest absolute Gasteiger partial charge is 0.492 e. The van der Waals surface area contributed by atoms with Crippen molar-refractivity contribution in [2.24, 2.45) is 5.92 Å². The molecular weight excluding hydrogens is 255 g/mol. The van der Waals surface area contributed by atoms with E-state index in [1.165, 1.54) is 0 Å². The van der Waals surface area contributed by atoms with Crippen LogP contribution in [-0.2, 0) is 6.42 Å². The molecule has 1 rings (SSSR count). The van der Waals surface area contributed by atoms with Gasteiger partial charge < -0.3 is 4.74 Å². The van der Waals surface area contributed by atoms with E-state index in [4.69, 9.17) is 27.9 Å². The fourth-order valence-electron chi connectivity index (χ4n) is 1.56. The summed E-state index contributed by atoms with van der Waals surface area (Å²) in [5.41, 5.74) is 1.04. The molecule has 1 nitrogen and oxygen atoms in total. The average molecular weight is 273 g/mol. The van der Waals surface area contributed by atoms with Gasteiger partial charge in [-0.15, -0.1) is 6.58 Å². The molecule has 0 aliphatic heterocycles. The second-order valence-corrected chi connectivity index (χ2v) is 4.99. The smallest absolute Gasteiger partial charge is 0.141 e. The number of allylic oxidation sites excluding steroid dienone is 1. The van der Waals surface area contributed by atoms with Crippen LogP contribution in [0.2, 0.25) is 10.0 Å². The van der Waals surface area contributed by atoms with Crippen molar-refractivity contribution in [1.82, 2.24) is 0 Å². The lowest BCUT2D eigenvalue weighted by Gasteiger charge is -2.15. The Bertz CT molecular complexity index is 388. The highest BCUT2D eigenvalue weighted by atomic mass is 35.5. The van der Waals surface area contributed by atoms with Gasteiger partial charge in [0.15, 0.2) is 0 Å². The lowest BCUT2D eigenvalue weighted by molar-refractivity contribution is 0.313. The Morgan fingerprint density at radius 1 is 1.41 bits per heavy atom. The van der Waals surface area contributed by atoms with Gasteiger partial charge in [0.1, 0.15) is 5.75 Å². The highest BCUT2D eigenvalue weighted by molar-refractivity contribution is 6.35. The molecule has 0 spiro atoms. The van der Waals surface area contributed by atoms with Gasteiger partial charge in [-0.25, -0.2) is 0 Å². The molecule has 1 unspecified atom stereocenters. The molecule has 1 atom stereocenters. The Balaban J connectivity index is 3.01. The molecule has 0 N–H and O–H groups in total. The van der Waals surface area contributed by atoms with Crippen molar-refractivity contribution in [3.05, 3.63) is 40.4 Å². The van der Waals surface area contributed by atoms with Crippen molar-refractivity contribution in [2.75, 3.05) is 6.61 Å². The molecule has 0 heterocycles. The van der Waals surface area contributed by atoms with E-state index in [2.05, 4.69) is 20.4 Å². The summed E-state index contributed by atoms with van der Waals surface area (Å²) in [6.07, 6.45) is 3.71. The van der Waals surface area contributed by atoms with Gasteiger partial charge in [-0.2, -0.15) is 0 Å². The number of halogens is 2. The lowest BCUT2D eigenvalue weighted by Crippen LogP contribution is -2.03. The minimum atomic E-state index is 0.369. The molecule has 94 valence electrons. The molecule has 0 aliphatic rings. The van der Waals surface area contributed by atoms with Crippen LogP contribution in [0.15, 0.2) is 24.8 Å². The number of hydrogen-bond acceptors (Lipinski definition) is 1. The Hall–Kier alpha value is -0.660. The zero-order chi connectivity index (χ0) is 12.8. The molecule has 0 aliphatic carbocycles. The molecular formula is C14H18Cl2O. The van der Waals surface area contributed by atoms with E-state index in [0.29, 0.717) is 22.6 Å². The van der Waals surface area contributed by atoms with Crippen molar-refractivity contribution in [1.29, 1.82) is 0 Å². The molecule has 17 heavy (non-hydrogen) atoms.